The van der Waals surface area contributed by atoms with E-state index >= 15 is 0 Å². The van der Waals surface area contributed by atoms with E-state index in [9.17, 15) is 4.79 Å². The van der Waals surface area contributed by atoms with E-state index < -0.39 is 0 Å². The standard InChI is InChI=1S/C16H14ClN3O/c17-15-14(10-19-20-16(15)21)18-9-8-12-6-3-5-11-4-1-2-7-13(11)12/h1-7,10H,8-9H2,(H2,18,20,21). The number of hydrogen-bond donors (Lipinski definition) is 2. The zero-order valence-corrected chi connectivity index (χ0v) is 12.0. The van der Waals surface area contributed by atoms with E-state index in [1.807, 2.05) is 12.1 Å². The van der Waals surface area contributed by atoms with Crippen LogP contribution in [0.5, 0.6) is 0 Å². The molecule has 21 heavy (non-hydrogen) atoms. The first kappa shape index (κ1) is 13.6. The van der Waals surface area contributed by atoms with Crippen LogP contribution in [-0.4, -0.2) is 16.7 Å². The van der Waals surface area contributed by atoms with E-state index in [0.29, 0.717) is 12.2 Å². The highest BCUT2D eigenvalue weighted by Crippen LogP contribution is 2.19. The van der Waals surface area contributed by atoms with Gasteiger partial charge in [-0.15, -0.1) is 0 Å². The summed E-state index contributed by atoms with van der Waals surface area (Å²) < 4.78 is 0. The third kappa shape index (κ3) is 2.90. The van der Waals surface area contributed by atoms with Crippen LogP contribution in [-0.2, 0) is 6.42 Å². The van der Waals surface area contributed by atoms with Gasteiger partial charge in [0.05, 0.1) is 11.9 Å². The molecule has 0 saturated carbocycles. The smallest absolute Gasteiger partial charge is 0.285 e. The van der Waals surface area contributed by atoms with Crippen molar-refractivity contribution < 1.29 is 0 Å². The largest absolute Gasteiger partial charge is 0.382 e. The SMILES string of the molecule is O=c1[nH]ncc(NCCc2cccc3ccccc23)c1Cl. The Bertz CT molecular complexity index is 824. The Morgan fingerprint density at radius 1 is 1.14 bits per heavy atom. The van der Waals surface area contributed by atoms with Gasteiger partial charge in [-0.05, 0) is 22.8 Å². The summed E-state index contributed by atoms with van der Waals surface area (Å²) >= 11 is 5.92. The molecule has 1 heterocycles. The topological polar surface area (TPSA) is 57.8 Å². The Kier molecular flexibility index (Phi) is 3.88. The molecule has 1 aromatic heterocycles. The van der Waals surface area contributed by atoms with E-state index in [4.69, 9.17) is 11.6 Å². The number of aromatic nitrogens is 2. The van der Waals surface area contributed by atoms with Crippen LogP contribution in [0.3, 0.4) is 0 Å². The number of H-pyrrole nitrogens is 1. The number of hydrogen-bond acceptors (Lipinski definition) is 3. The number of nitrogens with one attached hydrogen (secondary N) is 2. The molecule has 0 atom stereocenters. The first-order valence-corrected chi connectivity index (χ1v) is 7.07. The maximum atomic E-state index is 11.4. The van der Waals surface area contributed by atoms with Gasteiger partial charge in [0.2, 0.25) is 0 Å². The Labute approximate surface area is 126 Å². The number of rotatable bonds is 4. The van der Waals surface area contributed by atoms with Gasteiger partial charge in [0.15, 0.2) is 0 Å². The second kappa shape index (κ2) is 5.97. The molecule has 0 amide bonds. The zero-order valence-electron chi connectivity index (χ0n) is 11.3. The minimum absolute atomic E-state index is 0.142. The molecular weight excluding hydrogens is 286 g/mol. The van der Waals surface area contributed by atoms with Gasteiger partial charge in [0, 0.05) is 6.54 Å². The van der Waals surface area contributed by atoms with Crippen LogP contribution >= 0.6 is 11.6 Å². The quantitative estimate of drug-likeness (QED) is 0.777. The molecule has 3 rings (SSSR count). The summed E-state index contributed by atoms with van der Waals surface area (Å²) in [5, 5.41) is 11.8. The number of fused-ring (bicyclic) bond motifs is 1. The number of anilines is 1. The van der Waals surface area contributed by atoms with Crippen molar-refractivity contribution in [2.24, 2.45) is 0 Å². The fourth-order valence-corrected chi connectivity index (χ4v) is 2.51. The van der Waals surface area contributed by atoms with E-state index in [1.54, 1.807) is 0 Å². The number of aromatic amines is 1. The average molecular weight is 300 g/mol. The third-order valence-corrected chi connectivity index (χ3v) is 3.76. The van der Waals surface area contributed by atoms with E-state index in [-0.39, 0.29) is 10.6 Å². The lowest BCUT2D eigenvalue weighted by atomic mass is 10.0. The summed E-state index contributed by atoms with van der Waals surface area (Å²) in [6, 6.07) is 14.6. The van der Waals surface area contributed by atoms with Crippen molar-refractivity contribution in [2.75, 3.05) is 11.9 Å². The average Bonchev–Trinajstić information content (AvgIpc) is 2.52. The predicted molar refractivity (Wildman–Crippen MR) is 86.0 cm³/mol. The lowest BCUT2D eigenvalue weighted by molar-refractivity contribution is 0.971. The first-order chi connectivity index (χ1) is 10.3. The summed E-state index contributed by atoms with van der Waals surface area (Å²) in [6.45, 7) is 0.679. The Hall–Kier alpha value is -2.33. The number of nitrogens with zero attached hydrogens (tertiary/aromatic N) is 1. The minimum atomic E-state index is -0.383. The lowest BCUT2D eigenvalue weighted by Gasteiger charge is -2.09. The van der Waals surface area contributed by atoms with Gasteiger partial charge in [-0.1, -0.05) is 54.1 Å². The van der Waals surface area contributed by atoms with Crippen LogP contribution in [0.15, 0.2) is 53.5 Å². The monoisotopic (exact) mass is 299 g/mol. The second-order valence-corrected chi connectivity index (χ2v) is 5.12. The molecule has 0 aliphatic rings. The second-order valence-electron chi connectivity index (χ2n) is 4.74. The maximum Gasteiger partial charge on any atom is 0.285 e. The van der Waals surface area contributed by atoms with E-state index in [2.05, 4.69) is 45.8 Å². The molecule has 5 heteroatoms. The van der Waals surface area contributed by atoms with Crippen LogP contribution in [0, 0.1) is 0 Å². The Balaban J connectivity index is 1.75. The molecule has 0 aliphatic heterocycles. The van der Waals surface area contributed by atoms with Crippen molar-refractivity contribution in [1.29, 1.82) is 0 Å². The van der Waals surface area contributed by atoms with Gasteiger partial charge in [-0.25, -0.2) is 5.10 Å². The lowest BCUT2D eigenvalue weighted by Crippen LogP contribution is -2.13. The van der Waals surface area contributed by atoms with Crippen molar-refractivity contribution in [2.45, 2.75) is 6.42 Å². The molecule has 106 valence electrons. The van der Waals surface area contributed by atoms with Crippen molar-refractivity contribution in [3.8, 4) is 0 Å². The van der Waals surface area contributed by atoms with Crippen molar-refractivity contribution in [1.82, 2.24) is 10.2 Å². The molecule has 4 nitrogen and oxygen atoms in total. The van der Waals surface area contributed by atoms with Crippen LogP contribution in [0.1, 0.15) is 5.56 Å². The van der Waals surface area contributed by atoms with Gasteiger partial charge < -0.3 is 5.32 Å². The molecule has 2 aromatic carbocycles. The van der Waals surface area contributed by atoms with Gasteiger partial charge >= 0.3 is 0 Å². The maximum absolute atomic E-state index is 11.4. The van der Waals surface area contributed by atoms with Crippen LogP contribution in [0.25, 0.3) is 10.8 Å². The summed E-state index contributed by atoms with van der Waals surface area (Å²) in [4.78, 5) is 11.4. The fraction of sp³-hybridized carbons (Fsp3) is 0.125. The highest BCUT2D eigenvalue weighted by molar-refractivity contribution is 6.32. The normalized spacial score (nSPS) is 10.7. The van der Waals surface area contributed by atoms with Gasteiger partial charge in [0.1, 0.15) is 5.02 Å². The number of halogens is 1. The van der Waals surface area contributed by atoms with Gasteiger partial charge in [-0.2, -0.15) is 5.10 Å². The summed E-state index contributed by atoms with van der Waals surface area (Å²) in [7, 11) is 0. The van der Waals surface area contributed by atoms with Gasteiger partial charge in [0.25, 0.3) is 5.56 Å². The Morgan fingerprint density at radius 2 is 1.95 bits per heavy atom. The molecular formula is C16H14ClN3O. The summed E-state index contributed by atoms with van der Waals surface area (Å²) in [5.41, 5.74) is 1.43. The minimum Gasteiger partial charge on any atom is -0.382 e. The molecule has 0 aliphatic carbocycles. The molecule has 2 N–H and O–H groups in total. The highest BCUT2D eigenvalue weighted by atomic mass is 35.5. The van der Waals surface area contributed by atoms with Crippen molar-refractivity contribution >= 4 is 28.1 Å². The van der Waals surface area contributed by atoms with Crippen LogP contribution in [0.2, 0.25) is 5.02 Å². The van der Waals surface area contributed by atoms with Crippen molar-refractivity contribution in [3.05, 3.63) is 69.6 Å². The molecule has 0 spiro atoms. The molecule has 0 saturated heterocycles. The molecule has 0 radical (unpaired) electrons. The molecule has 0 fully saturated rings. The number of benzene rings is 2. The zero-order chi connectivity index (χ0) is 14.7. The van der Waals surface area contributed by atoms with E-state index in [0.717, 1.165) is 6.42 Å². The predicted octanol–water partition coefficient (Wildman–Crippen LogP) is 3.23. The van der Waals surface area contributed by atoms with Crippen LogP contribution < -0.4 is 10.9 Å². The summed E-state index contributed by atoms with van der Waals surface area (Å²) in [6.07, 6.45) is 2.36. The molecule has 3 aromatic rings. The first-order valence-electron chi connectivity index (χ1n) is 6.69. The molecule has 0 unspecified atom stereocenters. The Morgan fingerprint density at radius 3 is 2.86 bits per heavy atom. The van der Waals surface area contributed by atoms with Gasteiger partial charge in [-0.3, -0.25) is 4.79 Å². The summed E-state index contributed by atoms with van der Waals surface area (Å²) in [5.74, 6) is 0. The van der Waals surface area contributed by atoms with Crippen LogP contribution in [0.4, 0.5) is 5.69 Å². The fourth-order valence-electron chi connectivity index (χ4n) is 2.35. The van der Waals surface area contributed by atoms with E-state index in [1.165, 1.54) is 22.5 Å². The highest BCUT2D eigenvalue weighted by Gasteiger charge is 2.05. The van der Waals surface area contributed by atoms with Crippen molar-refractivity contribution in [3.63, 3.8) is 0 Å². The third-order valence-electron chi connectivity index (χ3n) is 3.39. The molecule has 0 bridgehead atoms.